The van der Waals surface area contributed by atoms with Crippen LogP contribution in [0.2, 0.25) is 0 Å². The molecule has 1 aliphatic carbocycles. The van der Waals surface area contributed by atoms with Crippen molar-refractivity contribution in [3.8, 4) is 0 Å². The van der Waals surface area contributed by atoms with Crippen molar-refractivity contribution in [1.29, 1.82) is 0 Å². The van der Waals surface area contributed by atoms with Crippen LogP contribution < -0.4 is 10.6 Å². The number of hydrogen-bond acceptors (Lipinski definition) is 4. The van der Waals surface area contributed by atoms with E-state index < -0.39 is 0 Å². The molecule has 1 aliphatic heterocycles. The van der Waals surface area contributed by atoms with E-state index in [0.29, 0.717) is 30.0 Å². The summed E-state index contributed by atoms with van der Waals surface area (Å²) in [7, 11) is 0. The minimum atomic E-state index is -0.0924. The van der Waals surface area contributed by atoms with Gasteiger partial charge < -0.3 is 10.6 Å². The van der Waals surface area contributed by atoms with Gasteiger partial charge in [0.1, 0.15) is 17.3 Å². The fourth-order valence-electron chi connectivity index (χ4n) is 3.12. The summed E-state index contributed by atoms with van der Waals surface area (Å²) in [5.41, 5.74) is 2.84. The van der Waals surface area contributed by atoms with Gasteiger partial charge in [0.2, 0.25) is 0 Å². The molecule has 2 heterocycles. The molecule has 1 saturated carbocycles. The SMILES string of the molecule is Cc1nc(N[C@@H]2C[C@H]2c2ccccc2)c2c(n1)C(=O)NCC2. The quantitative estimate of drug-likeness (QED) is 0.909. The Morgan fingerprint density at radius 3 is 2.86 bits per heavy atom. The molecular weight excluding hydrogens is 276 g/mol. The van der Waals surface area contributed by atoms with Crippen molar-refractivity contribution >= 4 is 11.7 Å². The number of rotatable bonds is 3. The Balaban J connectivity index is 1.58. The van der Waals surface area contributed by atoms with E-state index in [0.717, 1.165) is 24.2 Å². The summed E-state index contributed by atoms with van der Waals surface area (Å²) < 4.78 is 0. The predicted octanol–water partition coefficient (Wildman–Crippen LogP) is 2.04. The number of nitrogens with one attached hydrogen (secondary N) is 2. The molecule has 0 unspecified atom stereocenters. The van der Waals surface area contributed by atoms with E-state index in [9.17, 15) is 4.79 Å². The molecule has 2 N–H and O–H groups in total. The lowest BCUT2D eigenvalue weighted by Crippen LogP contribution is -2.34. The fourth-order valence-corrected chi connectivity index (χ4v) is 3.12. The first-order valence-corrected chi connectivity index (χ1v) is 7.69. The molecule has 1 amide bonds. The normalized spacial score (nSPS) is 22.7. The van der Waals surface area contributed by atoms with Gasteiger partial charge in [-0.05, 0) is 25.3 Å². The summed E-state index contributed by atoms with van der Waals surface area (Å²) in [6.07, 6.45) is 1.89. The standard InChI is InChI=1S/C17H18N4O/c1-10-19-15-12(7-8-18-17(15)22)16(20-10)21-14-9-13(14)11-5-3-2-4-6-11/h2-6,13-14H,7-9H2,1H3,(H,18,22)(H,19,20,21)/t13-,14+/m0/s1. The number of hydrogen-bond donors (Lipinski definition) is 2. The third kappa shape index (κ3) is 2.32. The molecule has 1 aromatic carbocycles. The number of aromatic nitrogens is 2. The van der Waals surface area contributed by atoms with Crippen LogP contribution >= 0.6 is 0 Å². The highest BCUT2D eigenvalue weighted by Gasteiger charge is 2.39. The Bertz CT molecular complexity index is 729. The number of carbonyl (C=O) groups is 1. The Kier molecular flexibility index (Phi) is 3.06. The number of amides is 1. The lowest BCUT2D eigenvalue weighted by Gasteiger charge is -2.19. The number of carbonyl (C=O) groups excluding carboxylic acids is 1. The van der Waals surface area contributed by atoms with Gasteiger partial charge in [0.15, 0.2) is 0 Å². The van der Waals surface area contributed by atoms with E-state index in [-0.39, 0.29) is 5.91 Å². The first-order valence-electron chi connectivity index (χ1n) is 7.69. The number of anilines is 1. The van der Waals surface area contributed by atoms with E-state index in [2.05, 4.69) is 44.9 Å². The van der Waals surface area contributed by atoms with Gasteiger partial charge in [-0.15, -0.1) is 0 Å². The molecule has 0 saturated heterocycles. The third-order valence-corrected chi connectivity index (χ3v) is 4.33. The Labute approximate surface area is 129 Å². The van der Waals surface area contributed by atoms with Gasteiger partial charge in [-0.1, -0.05) is 30.3 Å². The maximum absolute atomic E-state index is 11.9. The summed E-state index contributed by atoms with van der Waals surface area (Å²) in [6.45, 7) is 2.48. The zero-order valence-corrected chi connectivity index (χ0v) is 12.5. The lowest BCUT2D eigenvalue weighted by atomic mass is 10.1. The molecule has 2 aromatic rings. The van der Waals surface area contributed by atoms with Crippen LogP contribution in [0.5, 0.6) is 0 Å². The van der Waals surface area contributed by atoms with Gasteiger partial charge in [-0.3, -0.25) is 4.79 Å². The van der Waals surface area contributed by atoms with Gasteiger partial charge in [0, 0.05) is 24.1 Å². The second-order valence-corrected chi connectivity index (χ2v) is 5.96. The van der Waals surface area contributed by atoms with E-state index >= 15 is 0 Å². The molecule has 1 aromatic heterocycles. The molecule has 5 heteroatoms. The van der Waals surface area contributed by atoms with Crippen LogP contribution in [0.25, 0.3) is 0 Å². The van der Waals surface area contributed by atoms with Crippen molar-refractivity contribution in [1.82, 2.24) is 15.3 Å². The highest BCUT2D eigenvalue weighted by Crippen LogP contribution is 2.43. The third-order valence-electron chi connectivity index (χ3n) is 4.33. The highest BCUT2D eigenvalue weighted by atomic mass is 16.1. The number of benzene rings is 1. The van der Waals surface area contributed by atoms with Gasteiger partial charge >= 0.3 is 0 Å². The summed E-state index contributed by atoms with van der Waals surface area (Å²) in [6, 6.07) is 10.9. The second kappa shape index (κ2) is 5.09. The van der Waals surface area contributed by atoms with Crippen molar-refractivity contribution in [2.24, 2.45) is 0 Å². The first kappa shape index (κ1) is 13.2. The van der Waals surface area contributed by atoms with E-state index in [1.807, 2.05) is 13.0 Å². The van der Waals surface area contributed by atoms with Crippen molar-refractivity contribution in [2.75, 3.05) is 11.9 Å². The van der Waals surface area contributed by atoms with Crippen LogP contribution in [-0.4, -0.2) is 28.5 Å². The average molecular weight is 294 g/mol. The number of nitrogens with zero attached hydrogens (tertiary/aromatic N) is 2. The van der Waals surface area contributed by atoms with E-state index in [1.54, 1.807) is 0 Å². The van der Waals surface area contributed by atoms with Crippen molar-refractivity contribution in [3.05, 3.63) is 53.0 Å². The molecule has 0 spiro atoms. The molecule has 5 nitrogen and oxygen atoms in total. The first-order chi connectivity index (χ1) is 10.7. The topological polar surface area (TPSA) is 66.9 Å². The van der Waals surface area contributed by atoms with Gasteiger partial charge in [0.25, 0.3) is 5.91 Å². The van der Waals surface area contributed by atoms with Crippen molar-refractivity contribution in [2.45, 2.75) is 31.7 Å². The van der Waals surface area contributed by atoms with Crippen LogP contribution in [0, 0.1) is 6.92 Å². The zero-order valence-electron chi connectivity index (χ0n) is 12.5. The van der Waals surface area contributed by atoms with Crippen molar-refractivity contribution < 1.29 is 4.79 Å². The zero-order chi connectivity index (χ0) is 15.1. The summed E-state index contributed by atoms with van der Waals surface area (Å²) >= 11 is 0. The molecule has 4 rings (SSSR count). The summed E-state index contributed by atoms with van der Waals surface area (Å²) in [5.74, 6) is 1.91. The Morgan fingerprint density at radius 1 is 1.23 bits per heavy atom. The Hall–Kier alpha value is -2.43. The van der Waals surface area contributed by atoms with Gasteiger partial charge in [0.05, 0.1) is 0 Å². The van der Waals surface area contributed by atoms with Crippen molar-refractivity contribution in [3.63, 3.8) is 0 Å². The maximum Gasteiger partial charge on any atom is 0.270 e. The van der Waals surface area contributed by atoms with E-state index in [4.69, 9.17) is 0 Å². The summed E-state index contributed by atoms with van der Waals surface area (Å²) in [4.78, 5) is 20.8. The van der Waals surface area contributed by atoms with E-state index in [1.165, 1.54) is 5.56 Å². The molecule has 2 atom stereocenters. The molecular formula is C17H18N4O. The predicted molar refractivity (Wildman–Crippen MR) is 84.0 cm³/mol. The smallest absolute Gasteiger partial charge is 0.270 e. The second-order valence-electron chi connectivity index (χ2n) is 5.96. The minimum Gasteiger partial charge on any atom is -0.366 e. The summed E-state index contributed by atoms with van der Waals surface area (Å²) in [5, 5.41) is 6.36. The molecule has 1 fully saturated rings. The largest absolute Gasteiger partial charge is 0.366 e. The van der Waals surface area contributed by atoms with Gasteiger partial charge in [-0.2, -0.15) is 0 Å². The molecule has 0 bridgehead atoms. The van der Waals surface area contributed by atoms with Crippen LogP contribution in [0.1, 0.15) is 39.8 Å². The average Bonchev–Trinajstić information content (AvgIpc) is 3.28. The Morgan fingerprint density at radius 2 is 2.05 bits per heavy atom. The lowest BCUT2D eigenvalue weighted by molar-refractivity contribution is 0.0940. The highest BCUT2D eigenvalue weighted by molar-refractivity contribution is 5.96. The number of fused-ring (bicyclic) bond motifs is 1. The van der Waals surface area contributed by atoms with Crippen LogP contribution in [0.4, 0.5) is 5.82 Å². The maximum atomic E-state index is 11.9. The van der Waals surface area contributed by atoms with Crippen LogP contribution in [-0.2, 0) is 6.42 Å². The van der Waals surface area contributed by atoms with Crippen LogP contribution in [0.15, 0.2) is 30.3 Å². The number of aryl methyl sites for hydroxylation is 1. The molecule has 22 heavy (non-hydrogen) atoms. The fraction of sp³-hybridized carbons (Fsp3) is 0.353. The molecule has 0 radical (unpaired) electrons. The molecule has 112 valence electrons. The monoisotopic (exact) mass is 294 g/mol. The van der Waals surface area contributed by atoms with Gasteiger partial charge in [-0.25, -0.2) is 9.97 Å². The van der Waals surface area contributed by atoms with Crippen LogP contribution in [0.3, 0.4) is 0 Å². The minimum absolute atomic E-state index is 0.0924. The molecule has 2 aliphatic rings.